The van der Waals surface area contributed by atoms with E-state index in [4.69, 9.17) is 16.6 Å². The van der Waals surface area contributed by atoms with Crippen LogP contribution in [0.25, 0.3) is 11.4 Å². The largest absolute Gasteiger partial charge is 0.342 e. The summed E-state index contributed by atoms with van der Waals surface area (Å²) in [4.78, 5) is 8.06. The number of aromatic nitrogens is 2. The van der Waals surface area contributed by atoms with Gasteiger partial charge in [-0.3, -0.25) is 0 Å². The molecular weight excluding hydrogens is 268 g/mol. The molecule has 1 aromatic heterocycles. The fourth-order valence-electron chi connectivity index (χ4n) is 2.20. The van der Waals surface area contributed by atoms with Crippen molar-refractivity contribution in [1.29, 1.82) is 0 Å². The molecule has 0 radical (unpaired) electrons. The molecule has 100 valence electrons. The van der Waals surface area contributed by atoms with Crippen molar-refractivity contribution in [1.82, 2.24) is 9.97 Å². The highest BCUT2D eigenvalue weighted by atomic mass is 35.5. The zero-order chi connectivity index (χ0) is 13.9. The number of hydrogen-bond acceptors (Lipinski definition) is 1. The highest BCUT2D eigenvalue weighted by Gasteiger charge is 2.08. The Labute approximate surface area is 123 Å². The lowest BCUT2D eigenvalue weighted by Crippen LogP contribution is -1.90. The molecule has 0 aliphatic heterocycles. The van der Waals surface area contributed by atoms with Crippen molar-refractivity contribution in [2.45, 2.75) is 13.3 Å². The Morgan fingerprint density at radius 3 is 2.40 bits per heavy atom. The quantitative estimate of drug-likeness (QED) is 0.745. The standard InChI is InChI=1S/C17H15ClN2/c1-12-16(11-13-7-9-15(18)10-8-13)20-17(19-12)14-5-3-2-4-6-14/h2-10H,11H2,1H3,(H,19,20). The molecule has 2 nitrogen and oxygen atoms in total. The molecule has 0 atom stereocenters. The lowest BCUT2D eigenvalue weighted by atomic mass is 10.1. The third-order valence-electron chi connectivity index (χ3n) is 3.32. The number of H-pyrrole nitrogens is 1. The van der Waals surface area contributed by atoms with E-state index in [-0.39, 0.29) is 0 Å². The normalized spacial score (nSPS) is 10.7. The average Bonchev–Trinajstić information content (AvgIpc) is 2.84. The zero-order valence-corrected chi connectivity index (χ0v) is 12.0. The molecule has 0 spiro atoms. The van der Waals surface area contributed by atoms with Gasteiger partial charge in [0.2, 0.25) is 0 Å². The predicted molar refractivity (Wildman–Crippen MR) is 83.0 cm³/mol. The van der Waals surface area contributed by atoms with Crippen LogP contribution in [0.5, 0.6) is 0 Å². The Bertz CT molecular complexity index is 700. The first-order chi connectivity index (χ1) is 9.72. The number of halogens is 1. The Morgan fingerprint density at radius 2 is 1.70 bits per heavy atom. The maximum absolute atomic E-state index is 5.91. The Hall–Kier alpha value is -2.06. The van der Waals surface area contributed by atoms with Crippen LogP contribution in [0.1, 0.15) is 17.0 Å². The van der Waals surface area contributed by atoms with Crippen LogP contribution in [0.3, 0.4) is 0 Å². The smallest absolute Gasteiger partial charge is 0.137 e. The van der Waals surface area contributed by atoms with Gasteiger partial charge < -0.3 is 4.98 Å². The Morgan fingerprint density at radius 1 is 1.00 bits per heavy atom. The van der Waals surface area contributed by atoms with Gasteiger partial charge in [0.05, 0.1) is 5.69 Å². The second-order valence-corrected chi connectivity index (χ2v) is 5.26. The summed E-state index contributed by atoms with van der Waals surface area (Å²) in [6, 6.07) is 18.1. The number of nitrogens with zero attached hydrogens (tertiary/aromatic N) is 1. The molecule has 2 aromatic carbocycles. The topological polar surface area (TPSA) is 28.7 Å². The first-order valence-electron chi connectivity index (χ1n) is 6.58. The molecular formula is C17H15ClN2. The lowest BCUT2D eigenvalue weighted by molar-refractivity contribution is 1.08. The highest BCUT2D eigenvalue weighted by molar-refractivity contribution is 6.30. The van der Waals surface area contributed by atoms with Crippen LogP contribution >= 0.6 is 11.6 Å². The molecule has 3 heteroatoms. The van der Waals surface area contributed by atoms with Crippen LogP contribution in [0.4, 0.5) is 0 Å². The van der Waals surface area contributed by atoms with Crippen molar-refractivity contribution < 1.29 is 0 Å². The summed E-state index contributed by atoms with van der Waals surface area (Å²) >= 11 is 5.91. The van der Waals surface area contributed by atoms with Gasteiger partial charge in [-0.15, -0.1) is 0 Å². The van der Waals surface area contributed by atoms with Crippen molar-refractivity contribution in [2.24, 2.45) is 0 Å². The number of benzene rings is 2. The van der Waals surface area contributed by atoms with Gasteiger partial charge in [-0.1, -0.05) is 54.1 Å². The minimum Gasteiger partial charge on any atom is -0.342 e. The maximum Gasteiger partial charge on any atom is 0.137 e. The van der Waals surface area contributed by atoms with Gasteiger partial charge in [-0.05, 0) is 24.6 Å². The van der Waals surface area contributed by atoms with E-state index in [0.717, 1.165) is 34.2 Å². The first-order valence-corrected chi connectivity index (χ1v) is 6.95. The molecule has 0 saturated heterocycles. The fraction of sp³-hybridized carbons (Fsp3) is 0.118. The monoisotopic (exact) mass is 282 g/mol. The maximum atomic E-state index is 5.91. The number of nitrogens with one attached hydrogen (secondary N) is 1. The van der Waals surface area contributed by atoms with Gasteiger partial charge in [-0.25, -0.2) is 4.98 Å². The fourth-order valence-corrected chi connectivity index (χ4v) is 2.32. The summed E-state index contributed by atoms with van der Waals surface area (Å²) in [5.41, 5.74) is 4.51. The third-order valence-corrected chi connectivity index (χ3v) is 3.57. The van der Waals surface area contributed by atoms with Crippen molar-refractivity contribution in [2.75, 3.05) is 0 Å². The summed E-state index contributed by atoms with van der Waals surface area (Å²) in [5, 5.41) is 0.762. The van der Waals surface area contributed by atoms with Crippen molar-refractivity contribution >= 4 is 11.6 Å². The minimum absolute atomic E-state index is 0.762. The summed E-state index contributed by atoms with van der Waals surface area (Å²) in [7, 11) is 0. The summed E-state index contributed by atoms with van der Waals surface area (Å²) < 4.78 is 0. The van der Waals surface area contributed by atoms with Crippen LogP contribution in [0.15, 0.2) is 54.6 Å². The predicted octanol–water partition coefficient (Wildman–Crippen LogP) is 4.63. The molecule has 20 heavy (non-hydrogen) atoms. The second kappa shape index (κ2) is 5.51. The summed E-state index contributed by atoms with van der Waals surface area (Å²) in [5.74, 6) is 0.923. The van der Waals surface area contributed by atoms with Gasteiger partial charge in [0, 0.05) is 22.7 Å². The number of rotatable bonds is 3. The van der Waals surface area contributed by atoms with Crippen LogP contribution in [0, 0.1) is 6.92 Å². The zero-order valence-electron chi connectivity index (χ0n) is 11.2. The van der Waals surface area contributed by atoms with Gasteiger partial charge >= 0.3 is 0 Å². The second-order valence-electron chi connectivity index (χ2n) is 4.83. The van der Waals surface area contributed by atoms with Gasteiger partial charge in [0.1, 0.15) is 5.82 Å². The summed E-state index contributed by atoms with van der Waals surface area (Å²) in [6.07, 6.45) is 0.812. The first kappa shape index (κ1) is 12.9. The van der Waals surface area contributed by atoms with Crippen LogP contribution < -0.4 is 0 Å². The number of aryl methyl sites for hydroxylation is 1. The van der Waals surface area contributed by atoms with Gasteiger partial charge in [0.15, 0.2) is 0 Å². The van der Waals surface area contributed by atoms with E-state index in [9.17, 15) is 0 Å². The number of imidazole rings is 1. The molecule has 3 aromatic rings. The van der Waals surface area contributed by atoms with E-state index in [1.54, 1.807) is 0 Å². The number of aromatic amines is 1. The summed E-state index contributed by atoms with van der Waals surface area (Å²) in [6.45, 7) is 2.06. The average molecular weight is 283 g/mol. The van der Waals surface area contributed by atoms with E-state index in [1.165, 1.54) is 5.56 Å². The van der Waals surface area contributed by atoms with E-state index in [2.05, 4.69) is 24.0 Å². The Balaban J connectivity index is 1.88. The SMILES string of the molecule is Cc1[nH]c(-c2ccccc2)nc1Cc1ccc(Cl)cc1. The molecule has 0 unspecified atom stereocenters. The van der Waals surface area contributed by atoms with Crippen molar-refractivity contribution in [3.63, 3.8) is 0 Å². The molecule has 0 bridgehead atoms. The Kier molecular flexibility index (Phi) is 3.57. The van der Waals surface area contributed by atoms with Crippen molar-refractivity contribution in [3.8, 4) is 11.4 Å². The number of hydrogen-bond donors (Lipinski definition) is 1. The van der Waals surface area contributed by atoms with Crippen LogP contribution in [-0.4, -0.2) is 9.97 Å². The van der Waals surface area contributed by atoms with Crippen molar-refractivity contribution in [3.05, 3.63) is 76.6 Å². The highest BCUT2D eigenvalue weighted by Crippen LogP contribution is 2.20. The molecule has 0 aliphatic carbocycles. The molecule has 0 saturated carbocycles. The van der Waals surface area contributed by atoms with E-state index in [0.29, 0.717) is 0 Å². The van der Waals surface area contributed by atoms with Gasteiger partial charge in [0.25, 0.3) is 0 Å². The van der Waals surface area contributed by atoms with Crippen LogP contribution in [-0.2, 0) is 6.42 Å². The molecule has 1 heterocycles. The molecule has 1 N–H and O–H groups in total. The van der Waals surface area contributed by atoms with Crippen LogP contribution in [0.2, 0.25) is 5.02 Å². The van der Waals surface area contributed by atoms with Gasteiger partial charge in [-0.2, -0.15) is 0 Å². The van der Waals surface area contributed by atoms with E-state index >= 15 is 0 Å². The molecule has 0 amide bonds. The minimum atomic E-state index is 0.762. The molecule has 3 rings (SSSR count). The van der Waals surface area contributed by atoms with E-state index < -0.39 is 0 Å². The van der Waals surface area contributed by atoms with E-state index in [1.807, 2.05) is 42.5 Å². The molecule has 0 fully saturated rings. The third kappa shape index (κ3) is 2.75. The lowest BCUT2D eigenvalue weighted by Gasteiger charge is -1.99. The molecule has 0 aliphatic rings.